The summed E-state index contributed by atoms with van der Waals surface area (Å²) in [5.41, 5.74) is -0.577. The van der Waals surface area contributed by atoms with E-state index in [1.807, 2.05) is 59.4 Å². The fourth-order valence-electron chi connectivity index (χ4n) is 12.5. The van der Waals surface area contributed by atoms with E-state index < -0.39 is 76.2 Å². The van der Waals surface area contributed by atoms with Gasteiger partial charge < -0.3 is 54.8 Å². The molecule has 548 valence electrons. The number of hydrogen-bond donors (Lipinski definition) is 6. The molecular weight excluding hydrogens is 1440 g/mol. The Hall–Kier alpha value is -11.0. The Morgan fingerprint density at radius 2 is 0.952 bits per heavy atom. The van der Waals surface area contributed by atoms with Crippen LogP contribution >= 0.6 is 22.7 Å². The first kappa shape index (κ1) is 75.2. The van der Waals surface area contributed by atoms with Crippen LogP contribution in [-0.4, -0.2) is 187 Å². The third kappa shape index (κ3) is 15.8. The van der Waals surface area contributed by atoms with Gasteiger partial charge in [0.2, 0.25) is 28.1 Å². The number of imide groups is 2. The van der Waals surface area contributed by atoms with Crippen LogP contribution in [0.1, 0.15) is 117 Å². The monoisotopic (exact) mass is 1510 g/mol. The van der Waals surface area contributed by atoms with Gasteiger partial charge in [0.1, 0.15) is 67.8 Å². The van der Waals surface area contributed by atoms with Crippen molar-refractivity contribution in [2.24, 2.45) is 20.5 Å². The molecule has 0 atom stereocenters. The van der Waals surface area contributed by atoms with Gasteiger partial charge in [-0.3, -0.25) is 28.3 Å². The Kier molecular flexibility index (Phi) is 23.2. The van der Waals surface area contributed by atoms with E-state index in [0.717, 1.165) is 73.3 Å². The number of nitriles is 2. The summed E-state index contributed by atoms with van der Waals surface area (Å²) < 4.78 is 81.5. The first-order chi connectivity index (χ1) is 50.5. The second kappa shape index (κ2) is 32.4. The van der Waals surface area contributed by atoms with Crippen LogP contribution in [0.4, 0.5) is 73.9 Å². The van der Waals surface area contributed by atoms with Crippen molar-refractivity contribution in [3.05, 3.63) is 104 Å². The van der Waals surface area contributed by atoms with Gasteiger partial charge in [-0.15, -0.1) is 20.5 Å². The van der Waals surface area contributed by atoms with Gasteiger partial charge in [-0.05, 0) is 115 Å². The molecule has 0 saturated carbocycles. The summed E-state index contributed by atoms with van der Waals surface area (Å²) in [6.07, 6.45) is 7.68. The molecule has 11 rings (SSSR count). The number of aliphatic hydroxyl groups excluding tert-OH is 2. The fraction of sp³-hybridized carbons (Fsp3) is 0.358. The number of ether oxygens (including phenoxy) is 2. The summed E-state index contributed by atoms with van der Waals surface area (Å²) in [4.78, 5) is 89.6. The third-order valence-electron chi connectivity index (χ3n) is 17.5. The number of carbonyl (C=O) groups is 4. The number of hydrogen-bond acceptors (Lipinski definition) is 32. The van der Waals surface area contributed by atoms with Crippen molar-refractivity contribution in [3.63, 3.8) is 0 Å². The van der Waals surface area contributed by atoms with Crippen molar-refractivity contribution >= 4 is 153 Å². The summed E-state index contributed by atoms with van der Waals surface area (Å²) in [6, 6.07) is 17.5. The highest BCUT2D eigenvalue weighted by Crippen LogP contribution is 2.46. The van der Waals surface area contributed by atoms with Crippen LogP contribution < -0.4 is 44.6 Å². The van der Waals surface area contributed by atoms with Crippen LogP contribution in [0, 0.1) is 22.7 Å². The molecule has 0 radical (unpaired) electrons. The summed E-state index contributed by atoms with van der Waals surface area (Å²) in [5.74, 6) is -2.86. The van der Waals surface area contributed by atoms with Crippen LogP contribution in [-0.2, 0) is 20.2 Å². The predicted molar refractivity (Wildman–Crippen MR) is 391 cm³/mol. The number of nitrogens with zero attached hydrogens (tertiary/aromatic N) is 18. The lowest BCUT2D eigenvalue weighted by Gasteiger charge is -2.27. The molecule has 7 aromatic rings. The molecule has 34 nitrogen and oxygen atoms in total. The number of thiazole rings is 2. The zero-order valence-corrected chi connectivity index (χ0v) is 61.0. The van der Waals surface area contributed by atoms with Crippen LogP contribution in [0.3, 0.4) is 0 Å². The van der Waals surface area contributed by atoms with Crippen LogP contribution in [0.15, 0.2) is 102 Å². The Morgan fingerprint density at radius 3 is 1.30 bits per heavy atom. The van der Waals surface area contributed by atoms with E-state index in [9.17, 15) is 65.9 Å². The standard InChI is InChI=1S/C67H72N20O14S4/c1-7-81(8-2)47-33-43(45(35-49(47)100-5)77-79-66-72-57(83-23-13-11-14-24-83)51(102-66)31-39(37-68)86-59(90)41-19-17-21-53(104(94,95)96)55(41)61(86)92)70-63-74-64(76-65(75-63)85(27-29-88)28-30-89)71-44-34-48(82(9-3)10-4)50(101-6)36-46(44)78-80-67-73-58(84-25-15-12-16-26-84)52(103-67)32-40(38-69)87-60(91)42-20-18-22-54(105(97,98)99)56(42)62(87)93/h17-22,31-36,88-89H,7-16,23-30H2,1-6H3,(H,94,95,96)(H,97,98,99)(H2,70,71,74,75,76)/b39-31+,40-32+,79-77?,80-78?. The molecule has 0 bridgehead atoms. The maximum Gasteiger partial charge on any atom is 0.295 e. The minimum Gasteiger partial charge on any atom is -0.494 e. The fourth-order valence-corrected chi connectivity index (χ4v) is 15.6. The van der Waals surface area contributed by atoms with E-state index in [1.165, 1.54) is 50.6 Å². The smallest absolute Gasteiger partial charge is 0.295 e. The highest BCUT2D eigenvalue weighted by Gasteiger charge is 2.44. The zero-order valence-electron chi connectivity index (χ0n) is 57.7. The highest BCUT2D eigenvalue weighted by molar-refractivity contribution is 7.86. The van der Waals surface area contributed by atoms with Gasteiger partial charge in [0.15, 0.2) is 0 Å². The highest BCUT2D eigenvalue weighted by atomic mass is 32.2. The van der Waals surface area contributed by atoms with E-state index in [4.69, 9.17) is 44.6 Å². The van der Waals surface area contributed by atoms with E-state index in [2.05, 4.69) is 20.9 Å². The van der Waals surface area contributed by atoms with E-state index in [0.29, 0.717) is 106 Å². The number of allylic oxidation sites excluding steroid dienone is 2. The van der Waals surface area contributed by atoms with E-state index in [-0.39, 0.29) is 88.3 Å². The zero-order chi connectivity index (χ0) is 75.0. The van der Waals surface area contributed by atoms with Crippen LogP contribution in [0.25, 0.3) is 12.2 Å². The first-order valence-corrected chi connectivity index (χ1v) is 37.8. The molecular formula is C67H72N20O14S4. The molecule has 4 aromatic carbocycles. The number of fused-ring (bicyclic) bond motifs is 2. The molecule has 105 heavy (non-hydrogen) atoms. The molecule has 7 heterocycles. The van der Waals surface area contributed by atoms with E-state index >= 15 is 0 Å². The van der Waals surface area contributed by atoms with E-state index in [1.54, 1.807) is 29.2 Å². The third-order valence-corrected chi connectivity index (χ3v) is 21.1. The topological polar surface area (TPSA) is 444 Å². The Bertz CT molecular complexity index is 4710. The maximum absolute atomic E-state index is 13.9. The number of benzene rings is 4. The number of methoxy groups -OCH3 is 2. The van der Waals surface area contributed by atoms with Crippen molar-refractivity contribution in [1.29, 1.82) is 10.5 Å². The van der Waals surface area contributed by atoms with Gasteiger partial charge in [-0.25, -0.2) is 9.80 Å². The Morgan fingerprint density at radius 1 is 0.562 bits per heavy atom. The number of rotatable bonds is 29. The maximum atomic E-state index is 13.9. The van der Waals surface area contributed by atoms with Gasteiger partial charge in [-0.1, -0.05) is 34.8 Å². The van der Waals surface area contributed by atoms with Crippen molar-refractivity contribution < 1.29 is 64.8 Å². The summed E-state index contributed by atoms with van der Waals surface area (Å²) in [5, 5.41) is 67.5. The molecule has 0 aliphatic carbocycles. The van der Waals surface area contributed by atoms with Crippen molar-refractivity contribution in [2.45, 2.75) is 76.0 Å². The average Bonchev–Trinajstić information content (AvgIpc) is 1.60. The summed E-state index contributed by atoms with van der Waals surface area (Å²) in [7, 11) is -6.94. The number of aromatic nitrogens is 5. The molecule has 0 unspecified atom stereocenters. The summed E-state index contributed by atoms with van der Waals surface area (Å²) in [6.45, 7) is 11.5. The number of amides is 4. The Balaban J connectivity index is 0.995. The van der Waals surface area contributed by atoms with Crippen molar-refractivity contribution in [1.82, 2.24) is 34.7 Å². The molecule has 0 spiro atoms. The van der Waals surface area contributed by atoms with Crippen molar-refractivity contribution in [2.75, 3.05) is 128 Å². The molecule has 4 amide bonds. The molecule has 2 saturated heterocycles. The largest absolute Gasteiger partial charge is 0.494 e. The quantitative estimate of drug-likeness (QED) is 0.0110. The van der Waals surface area contributed by atoms with Gasteiger partial charge in [0.25, 0.3) is 43.9 Å². The number of aliphatic hydroxyl groups is 2. The number of azo groups is 2. The second-order valence-electron chi connectivity index (χ2n) is 23.7. The van der Waals surface area contributed by atoms with Crippen molar-refractivity contribution in [3.8, 4) is 23.6 Å². The lowest BCUT2D eigenvalue weighted by atomic mass is 10.1. The number of nitrogens with one attached hydrogen (secondary N) is 2. The minimum absolute atomic E-state index is 0.00438. The minimum atomic E-state index is -4.97. The first-order valence-electron chi connectivity index (χ1n) is 33.3. The lowest BCUT2D eigenvalue weighted by molar-refractivity contribution is 0.0695. The number of anilines is 9. The summed E-state index contributed by atoms with van der Waals surface area (Å²) >= 11 is 1.97. The van der Waals surface area contributed by atoms with Gasteiger partial charge >= 0.3 is 0 Å². The molecule has 4 aliphatic rings. The molecule has 3 aromatic heterocycles. The number of carbonyl (C=O) groups excluding carboxylic acids is 4. The number of piperidine rings is 2. The van der Waals surface area contributed by atoms with Crippen LogP contribution in [0.2, 0.25) is 0 Å². The normalized spacial score (nSPS) is 15.0. The second-order valence-corrected chi connectivity index (χ2v) is 28.5. The molecule has 6 N–H and O–H groups in total. The van der Waals surface area contributed by atoms with Gasteiger partial charge in [0, 0.05) is 77.6 Å². The predicted octanol–water partition coefficient (Wildman–Crippen LogP) is 10.4. The average molecular weight is 1510 g/mol. The lowest BCUT2D eigenvalue weighted by Crippen LogP contribution is -2.31. The molecule has 4 aliphatic heterocycles. The van der Waals surface area contributed by atoms with Gasteiger partial charge in [0.05, 0.1) is 82.2 Å². The molecule has 2 fully saturated rings. The van der Waals surface area contributed by atoms with Crippen LogP contribution in [0.5, 0.6) is 11.5 Å². The molecule has 38 heteroatoms. The van der Waals surface area contributed by atoms with Gasteiger partial charge in [-0.2, -0.15) is 52.3 Å². The SMILES string of the molecule is CCN(CC)c1cc(Nc2nc(Nc3cc(N(CC)CC)c(OC)cc3N=Nc3nc(N4CCCCC4)c(/C=C(\C#N)N4C(=O)c5cccc(S(=O)(=O)O)c5C4=O)s3)nc(N(CCO)CCO)n2)c(N=Nc2nc(N3CCCCC3)c(/C=C(\C#N)N3C(=O)c4cccc(S(=O)(=O)O)c4C3=O)s2)cc1OC. The Labute approximate surface area is 611 Å².